The number of benzene rings is 2. The van der Waals surface area contributed by atoms with Crippen LogP contribution in [0.4, 0.5) is 14.5 Å². The summed E-state index contributed by atoms with van der Waals surface area (Å²) in [4.78, 5) is 11.8. The van der Waals surface area contributed by atoms with Gasteiger partial charge in [0, 0.05) is 17.2 Å². The summed E-state index contributed by atoms with van der Waals surface area (Å²) in [5, 5.41) is 2.75. The van der Waals surface area contributed by atoms with Crippen molar-refractivity contribution in [2.24, 2.45) is 5.92 Å². The predicted octanol–water partition coefficient (Wildman–Crippen LogP) is 4.56. The minimum absolute atomic E-state index is 0.0395. The van der Waals surface area contributed by atoms with Crippen LogP contribution in [-0.4, -0.2) is 19.6 Å². The molecule has 0 radical (unpaired) electrons. The molecule has 0 heterocycles. The van der Waals surface area contributed by atoms with Gasteiger partial charge in [-0.05, 0) is 35.9 Å². The average molecular weight is 335 g/mol. The zero-order valence-electron chi connectivity index (χ0n) is 13.7. The fourth-order valence-corrected chi connectivity index (χ4v) is 2.09. The summed E-state index contributed by atoms with van der Waals surface area (Å²) in [6.07, 6.45) is 0. The van der Waals surface area contributed by atoms with Gasteiger partial charge in [-0.1, -0.05) is 26.0 Å². The number of anilines is 1. The molecule has 1 amide bonds. The second-order valence-electron chi connectivity index (χ2n) is 5.46. The van der Waals surface area contributed by atoms with Gasteiger partial charge < -0.3 is 14.8 Å². The Kier molecular flexibility index (Phi) is 5.73. The number of nitrogens with one attached hydrogen (secondary N) is 1. The molecule has 0 saturated carbocycles. The largest absolute Gasteiger partial charge is 0.497 e. The third kappa shape index (κ3) is 4.44. The van der Waals surface area contributed by atoms with Gasteiger partial charge in [0.2, 0.25) is 5.91 Å². The molecule has 24 heavy (non-hydrogen) atoms. The number of carbonyl (C=O) groups is 1. The molecule has 0 saturated heterocycles. The Labute approximate surface area is 139 Å². The molecular formula is C18H19F2NO3. The van der Waals surface area contributed by atoms with E-state index in [4.69, 9.17) is 4.74 Å². The third-order valence-corrected chi connectivity index (χ3v) is 3.39. The number of halogens is 2. The predicted molar refractivity (Wildman–Crippen MR) is 88.5 cm³/mol. The van der Waals surface area contributed by atoms with Crippen molar-refractivity contribution < 1.29 is 23.0 Å². The standard InChI is InChI=1S/C18H19F2NO3/c1-11(2)17(22)21-13-6-9-16(24-18(19)20)15(10-13)12-4-7-14(23-3)8-5-12/h4-11,18H,1-3H3,(H,21,22). The number of alkyl halides is 2. The monoisotopic (exact) mass is 335 g/mol. The van der Waals surface area contributed by atoms with Crippen LogP contribution in [0.1, 0.15) is 13.8 Å². The first kappa shape index (κ1) is 17.7. The maximum absolute atomic E-state index is 12.6. The lowest BCUT2D eigenvalue weighted by Gasteiger charge is -2.14. The van der Waals surface area contributed by atoms with Crippen LogP contribution in [0.2, 0.25) is 0 Å². The number of hydrogen-bond donors (Lipinski definition) is 1. The summed E-state index contributed by atoms with van der Waals surface area (Å²) >= 11 is 0. The first-order valence-electron chi connectivity index (χ1n) is 7.45. The molecule has 0 aliphatic rings. The molecule has 2 aromatic carbocycles. The number of amides is 1. The Morgan fingerprint density at radius 3 is 2.29 bits per heavy atom. The molecule has 1 N–H and O–H groups in total. The van der Waals surface area contributed by atoms with E-state index >= 15 is 0 Å². The Hall–Kier alpha value is -2.63. The molecule has 0 spiro atoms. The number of carbonyl (C=O) groups excluding carboxylic acids is 1. The molecule has 2 aromatic rings. The number of methoxy groups -OCH3 is 1. The fourth-order valence-electron chi connectivity index (χ4n) is 2.09. The number of rotatable bonds is 6. The van der Waals surface area contributed by atoms with E-state index in [1.165, 1.54) is 12.1 Å². The zero-order chi connectivity index (χ0) is 17.7. The molecule has 0 aromatic heterocycles. The summed E-state index contributed by atoms with van der Waals surface area (Å²) in [6.45, 7) is 0.611. The van der Waals surface area contributed by atoms with Crippen LogP contribution in [0.5, 0.6) is 11.5 Å². The molecule has 6 heteroatoms. The highest BCUT2D eigenvalue weighted by Crippen LogP contribution is 2.34. The minimum atomic E-state index is -2.93. The Balaban J connectivity index is 2.41. The van der Waals surface area contributed by atoms with E-state index in [1.807, 2.05) is 0 Å². The summed E-state index contributed by atoms with van der Waals surface area (Å²) in [6, 6.07) is 11.5. The van der Waals surface area contributed by atoms with Crippen molar-refractivity contribution >= 4 is 11.6 Å². The molecule has 0 bridgehead atoms. The van der Waals surface area contributed by atoms with Gasteiger partial charge in [-0.25, -0.2) is 0 Å². The first-order chi connectivity index (χ1) is 11.4. The molecule has 0 atom stereocenters. The minimum Gasteiger partial charge on any atom is -0.497 e. The van der Waals surface area contributed by atoms with Crippen molar-refractivity contribution in [1.29, 1.82) is 0 Å². The number of hydrogen-bond acceptors (Lipinski definition) is 3. The fraction of sp³-hybridized carbons (Fsp3) is 0.278. The highest BCUT2D eigenvalue weighted by Gasteiger charge is 2.14. The lowest BCUT2D eigenvalue weighted by atomic mass is 10.0. The van der Waals surface area contributed by atoms with Crippen molar-refractivity contribution in [3.05, 3.63) is 42.5 Å². The van der Waals surface area contributed by atoms with Crippen LogP contribution in [0, 0.1) is 5.92 Å². The highest BCUT2D eigenvalue weighted by atomic mass is 19.3. The van der Waals surface area contributed by atoms with Crippen molar-refractivity contribution in [2.45, 2.75) is 20.5 Å². The maximum atomic E-state index is 12.6. The van der Waals surface area contributed by atoms with Gasteiger partial charge in [-0.2, -0.15) is 8.78 Å². The maximum Gasteiger partial charge on any atom is 0.387 e. The van der Waals surface area contributed by atoms with Gasteiger partial charge in [0.15, 0.2) is 0 Å². The molecule has 0 fully saturated rings. The molecule has 2 rings (SSSR count). The van der Waals surface area contributed by atoms with E-state index in [1.54, 1.807) is 51.3 Å². The smallest absolute Gasteiger partial charge is 0.387 e. The van der Waals surface area contributed by atoms with Gasteiger partial charge in [-0.15, -0.1) is 0 Å². The van der Waals surface area contributed by atoms with Crippen LogP contribution in [-0.2, 0) is 4.79 Å². The number of ether oxygens (including phenoxy) is 2. The van der Waals surface area contributed by atoms with E-state index in [2.05, 4.69) is 10.1 Å². The molecule has 0 aliphatic carbocycles. The van der Waals surface area contributed by atoms with Crippen molar-refractivity contribution in [3.8, 4) is 22.6 Å². The molecule has 0 unspecified atom stereocenters. The van der Waals surface area contributed by atoms with E-state index in [-0.39, 0.29) is 17.6 Å². The highest BCUT2D eigenvalue weighted by molar-refractivity contribution is 5.93. The second kappa shape index (κ2) is 7.77. The van der Waals surface area contributed by atoms with Crippen LogP contribution in [0.15, 0.2) is 42.5 Å². The van der Waals surface area contributed by atoms with E-state index in [0.29, 0.717) is 22.6 Å². The van der Waals surface area contributed by atoms with Crippen LogP contribution in [0.3, 0.4) is 0 Å². The Bertz CT molecular complexity index is 700. The first-order valence-corrected chi connectivity index (χ1v) is 7.45. The average Bonchev–Trinajstić information content (AvgIpc) is 2.55. The molecule has 0 aliphatic heterocycles. The van der Waals surface area contributed by atoms with Gasteiger partial charge >= 0.3 is 6.61 Å². The van der Waals surface area contributed by atoms with E-state index < -0.39 is 6.61 Å². The van der Waals surface area contributed by atoms with E-state index in [0.717, 1.165) is 0 Å². The van der Waals surface area contributed by atoms with Crippen LogP contribution >= 0.6 is 0 Å². The zero-order valence-corrected chi connectivity index (χ0v) is 13.7. The Morgan fingerprint density at radius 1 is 1.08 bits per heavy atom. The summed E-state index contributed by atoms with van der Waals surface area (Å²) in [7, 11) is 1.54. The van der Waals surface area contributed by atoms with Gasteiger partial charge in [0.1, 0.15) is 11.5 Å². The van der Waals surface area contributed by atoms with Crippen molar-refractivity contribution in [1.82, 2.24) is 0 Å². The quantitative estimate of drug-likeness (QED) is 0.842. The summed E-state index contributed by atoms with van der Waals surface area (Å²) in [5.41, 5.74) is 1.65. The van der Waals surface area contributed by atoms with Crippen LogP contribution < -0.4 is 14.8 Å². The topological polar surface area (TPSA) is 47.6 Å². The lowest BCUT2D eigenvalue weighted by Crippen LogP contribution is -2.17. The van der Waals surface area contributed by atoms with Gasteiger partial charge in [0.25, 0.3) is 0 Å². The lowest BCUT2D eigenvalue weighted by molar-refractivity contribution is -0.118. The summed E-state index contributed by atoms with van der Waals surface area (Å²) in [5.74, 6) is 0.349. The van der Waals surface area contributed by atoms with E-state index in [9.17, 15) is 13.6 Å². The third-order valence-electron chi connectivity index (χ3n) is 3.39. The molecule has 4 nitrogen and oxygen atoms in total. The molecule has 128 valence electrons. The van der Waals surface area contributed by atoms with Gasteiger partial charge in [0.05, 0.1) is 7.11 Å². The van der Waals surface area contributed by atoms with Crippen molar-refractivity contribution in [2.75, 3.05) is 12.4 Å². The Morgan fingerprint density at radius 2 is 1.75 bits per heavy atom. The van der Waals surface area contributed by atoms with Gasteiger partial charge in [-0.3, -0.25) is 4.79 Å². The second-order valence-corrected chi connectivity index (χ2v) is 5.46. The van der Waals surface area contributed by atoms with Crippen molar-refractivity contribution in [3.63, 3.8) is 0 Å². The van der Waals surface area contributed by atoms with Crippen LogP contribution in [0.25, 0.3) is 11.1 Å². The SMILES string of the molecule is COc1ccc(-c2cc(NC(=O)C(C)C)ccc2OC(F)F)cc1. The molecular weight excluding hydrogens is 316 g/mol. The summed E-state index contributed by atoms with van der Waals surface area (Å²) < 4.78 is 35.0. The normalized spacial score (nSPS) is 10.8.